The summed E-state index contributed by atoms with van der Waals surface area (Å²) in [6.45, 7) is 0. The van der Waals surface area contributed by atoms with Crippen molar-refractivity contribution in [3.63, 3.8) is 0 Å². The summed E-state index contributed by atoms with van der Waals surface area (Å²) in [6, 6.07) is 2.49. The monoisotopic (exact) mass is 292 g/mol. The van der Waals surface area contributed by atoms with Crippen molar-refractivity contribution in [2.24, 2.45) is 11.8 Å². The number of ketones is 1. The van der Waals surface area contributed by atoms with Gasteiger partial charge in [-0.05, 0) is 37.8 Å². The third kappa shape index (κ3) is 3.35. The Bertz CT molecular complexity index is 481. The highest BCUT2D eigenvalue weighted by molar-refractivity contribution is 5.97. The highest BCUT2D eigenvalue weighted by Gasteiger charge is 2.42. The zero-order chi connectivity index (χ0) is 14.9. The van der Waals surface area contributed by atoms with Crippen LogP contribution in [-0.4, -0.2) is 12.0 Å². The van der Waals surface area contributed by atoms with Crippen LogP contribution in [0.4, 0.5) is 22.0 Å². The van der Waals surface area contributed by atoms with Gasteiger partial charge in [0.25, 0.3) is 0 Å². The second kappa shape index (κ2) is 5.50. The van der Waals surface area contributed by atoms with E-state index in [1.807, 2.05) is 0 Å². The number of hydrogen-bond acceptors (Lipinski definition) is 1. The average Bonchev–Trinajstić information content (AvgIpc) is 2.36. The van der Waals surface area contributed by atoms with Crippen LogP contribution in [0.15, 0.2) is 18.2 Å². The van der Waals surface area contributed by atoms with Crippen LogP contribution in [0.25, 0.3) is 0 Å². The van der Waals surface area contributed by atoms with Crippen LogP contribution in [0.5, 0.6) is 0 Å². The largest absolute Gasteiger partial charge is 0.391 e. The molecule has 0 saturated heterocycles. The molecule has 0 bridgehead atoms. The minimum absolute atomic E-state index is 0.0984. The Morgan fingerprint density at radius 1 is 0.950 bits per heavy atom. The average molecular weight is 292 g/mol. The maximum absolute atomic E-state index is 13.0. The Kier molecular flexibility index (Phi) is 4.11. The summed E-state index contributed by atoms with van der Waals surface area (Å²) in [6.07, 6.45) is -4.27. The van der Waals surface area contributed by atoms with Gasteiger partial charge in [0.05, 0.1) is 5.92 Å². The van der Waals surface area contributed by atoms with Crippen LogP contribution in [0.2, 0.25) is 0 Å². The molecular weight excluding hydrogens is 279 g/mol. The SMILES string of the molecule is O=C(c1cc(F)cc(F)c1)C1CCC(C(F)(F)F)CC1. The van der Waals surface area contributed by atoms with Crippen molar-refractivity contribution < 1.29 is 26.7 Å². The van der Waals surface area contributed by atoms with E-state index in [9.17, 15) is 26.7 Å². The highest BCUT2D eigenvalue weighted by Crippen LogP contribution is 2.40. The summed E-state index contributed by atoms with van der Waals surface area (Å²) in [5.74, 6) is -4.18. The number of alkyl halides is 3. The molecule has 1 saturated carbocycles. The van der Waals surface area contributed by atoms with Gasteiger partial charge in [0, 0.05) is 17.5 Å². The van der Waals surface area contributed by atoms with Gasteiger partial charge < -0.3 is 0 Å². The van der Waals surface area contributed by atoms with Crippen molar-refractivity contribution in [2.75, 3.05) is 0 Å². The molecule has 2 rings (SSSR count). The Balaban J connectivity index is 2.05. The lowest BCUT2D eigenvalue weighted by molar-refractivity contribution is -0.183. The molecule has 0 unspecified atom stereocenters. The lowest BCUT2D eigenvalue weighted by Gasteiger charge is -2.29. The second-order valence-electron chi connectivity index (χ2n) is 5.11. The van der Waals surface area contributed by atoms with Crippen molar-refractivity contribution >= 4 is 5.78 Å². The van der Waals surface area contributed by atoms with Crippen molar-refractivity contribution in [1.82, 2.24) is 0 Å². The van der Waals surface area contributed by atoms with E-state index in [1.165, 1.54) is 0 Å². The molecule has 0 aliphatic heterocycles. The van der Waals surface area contributed by atoms with Gasteiger partial charge in [-0.2, -0.15) is 13.2 Å². The zero-order valence-corrected chi connectivity index (χ0v) is 10.5. The summed E-state index contributed by atoms with van der Waals surface area (Å²) in [5, 5.41) is 0. The van der Waals surface area contributed by atoms with E-state index in [0.717, 1.165) is 12.1 Å². The topological polar surface area (TPSA) is 17.1 Å². The van der Waals surface area contributed by atoms with E-state index < -0.39 is 35.4 Å². The summed E-state index contributed by atoms with van der Waals surface area (Å²) in [4.78, 5) is 12.0. The van der Waals surface area contributed by atoms with Gasteiger partial charge in [-0.25, -0.2) is 8.78 Å². The third-order valence-corrected chi connectivity index (χ3v) is 3.71. The fourth-order valence-electron chi connectivity index (χ4n) is 2.61. The molecular formula is C14H13F5O. The quantitative estimate of drug-likeness (QED) is 0.578. The smallest absolute Gasteiger partial charge is 0.294 e. The lowest BCUT2D eigenvalue weighted by atomic mass is 9.78. The van der Waals surface area contributed by atoms with Gasteiger partial charge in [0.2, 0.25) is 0 Å². The molecule has 1 aliphatic carbocycles. The number of halogens is 5. The van der Waals surface area contributed by atoms with Crippen LogP contribution >= 0.6 is 0 Å². The standard InChI is InChI=1S/C14H13F5O/c15-11-5-9(6-12(16)7-11)13(20)8-1-3-10(4-2-8)14(17,18)19/h5-8,10H,1-4H2. The van der Waals surface area contributed by atoms with Crippen molar-refractivity contribution in [1.29, 1.82) is 0 Å². The highest BCUT2D eigenvalue weighted by atomic mass is 19.4. The van der Waals surface area contributed by atoms with Crippen molar-refractivity contribution in [3.05, 3.63) is 35.4 Å². The first-order valence-corrected chi connectivity index (χ1v) is 6.34. The molecule has 1 fully saturated rings. The summed E-state index contributed by atoms with van der Waals surface area (Å²) < 4.78 is 63.6. The van der Waals surface area contributed by atoms with Crippen LogP contribution in [0.1, 0.15) is 36.0 Å². The minimum atomic E-state index is -4.24. The Hall–Kier alpha value is -1.46. The lowest BCUT2D eigenvalue weighted by Crippen LogP contribution is -2.30. The number of hydrogen-bond donors (Lipinski definition) is 0. The first-order chi connectivity index (χ1) is 9.27. The molecule has 0 aromatic heterocycles. The molecule has 0 heterocycles. The molecule has 0 amide bonds. The first kappa shape index (κ1) is 14.9. The second-order valence-corrected chi connectivity index (χ2v) is 5.11. The summed E-state index contributed by atoms with van der Waals surface area (Å²) in [5.41, 5.74) is -0.113. The molecule has 110 valence electrons. The number of benzene rings is 1. The molecule has 20 heavy (non-hydrogen) atoms. The van der Waals surface area contributed by atoms with Crippen LogP contribution in [0, 0.1) is 23.5 Å². The number of carbonyl (C=O) groups is 1. The zero-order valence-electron chi connectivity index (χ0n) is 10.5. The van der Waals surface area contributed by atoms with Gasteiger partial charge in [-0.15, -0.1) is 0 Å². The van der Waals surface area contributed by atoms with Gasteiger partial charge in [-0.3, -0.25) is 4.79 Å². The Morgan fingerprint density at radius 3 is 1.90 bits per heavy atom. The van der Waals surface area contributed by atoms with E-state index in [1.54, 1.807) is 0 Å². The van der Waals surface area contributed by atoms with Gasteiger partial charge >= 0.3 is 6.18 Å². The number of Topliss-reactive ketones (excluding diaryl/α,β-unsaturated/α-hetero) is 1. The van der Waals surface area contributed by atoms with E-state index in [0.29, 0.717) is 6.07 Å². The first-order valence-electron chi connectivity index (χ1n) is 6.34. The Labute approximate surface area is 112 Å². The summed E-state index contributed by atoms with van der Waals surface area (Å²) in [7, 11) is 0. The fraction of sp³-hybridized carbons (Fsp3) is 0.500. The van der Waals surface area contributed by atoms with Crippen LogP contribution < -0.4 is 0 Å². The van der Waals surface area contributed by atoms with E-state index in [4.69, 9.17) is 0 Å². The predicted octanol–water partition coefficient (Wildman–Crippen LogP) is 4.52. The van der Waals surface area contributed by atoms with Crippen LogP contribution in [0.3, 0.4) is 0 Å². The molecule has 0 spiro atoms. The van der Waals surface area contributed by atoms with E-state index >= 15 is 0 Å². The van der Waals surface area contributed by atoms with Crippen molar-refractivity contribution in [3.8, 4) is 0 Å². The molecule has 1 nitrogen and oxygen atoms in total. The minimum Gasteiger partial charge on any atom is -0.294 e. The number of carbonyl (C=O) groups excluding carboxylic acids is 1. The fourth-order valence-corrected chi connectivity index (χ4v) is 2.61. The van der Waals surface area contributed by atoms with Crippen molar-refractivity contribution in [2.45, 2.75) is 31.9 Å². The normalized spacial score (nSPS) is 23.6. The maximum Gasteiger partial charge on any atom is 0.391 e. The molecule has 1 aromatic rings. The maximum atomic E-state index is 13.0. The Morgan fingerprint density at radius 2 is 1.45 bits per heavy atom. The molecule has 0 N–H and O–H groups in total. The molecule has 1 aliphatic rings. The van der Waals surface area contributed by atoms with Crippen LogP contribution in [-0.2, 0) is 0 Å². The van der Waals surface area contributed by atoms with E-state index in [2.05, 4.69) is 0 Å². The molecule has 1 aromatic carbocycles. The molecule has 6 heteroatoms. The molecule has 0 atom stereocenters. The van der Waals surface area contributed by atoms with E-state index in [-0.39, 0.29) is 31.2 Å². The predicted molar refractivity (Wildman–Crippen MR) is 62.2 cm³/mol. The number of rotatable bonds is 2. The summed E-state index contributed by atoms with van der Waals surface area (Å²) >= 11 is 0. The van der Waals surface area contributed by atoms with Gasteiger partial charge in [0.1, 0.15) is 11.6 Å². The molecule has 0 radical (unpaired) electrons. The third-order valence-electron chi connectivity index (χ3n) is 3.71. The van der Waals surface area contributed by atoms with Gasteiger partial charge in [-0.1, -0.05) is 0 Å². The van der Waals surface area contributed by atoms with Gasteiger partial charge in [0.15, 0.2) is 5.78 Å².